The van der Waals surface area contributed by atoms with Gasteiger partial charge in [0.1, 0.15) is 11.8 Å². The van der Waals surface area contributed by atoms with Gasteiger partial charge in [-0.25, -0.2) is 4.79 Å². The number of methoxy groups -OCH3 is 1. The number of ether oxygens (including phenoxy) is 1. The maximum Gasteiger partial charge on any atom is 0.319 e. The Morgan fingerprint density at radius 3 is 2.77 bits per heavy atom. The Morgan fingerprint density at radius 2 is 2.00 bits per heavy atom. The quantitative estimate of drug-likeness (QED) is 0.862. The van der Waals surface area contributed by atoms with Gasteiger partial charge in [0.05, 0.1) is 12.8 Å². The van der Waals surface area contributed by atoms with E-state index in [2.05, 4.69) is 10.6 Å². The van der Waals surface area contributed by atoms with Gasteiger partial charge in [0, 0.05) is 17.3 Å². The van der Waals surface area contributed by atoms with Crippen LogP contribution in [0, 0.1) is 0 Å². The summed E-state index contributed by atoms with van der Waals surface area (Å²) in [4.78, 5) is 26.7. The number of hydrogen-bond acceptors (Lipinski definition) is 3. The van der Waals surface area contributed by atoms with Gasteiger partial charge in [0.2, 0.25) is 5.91 Å². The van der Waals surface area contributed by atoms with Crippen molar-refractivity contribution in [3.8, 4) is 5.75 Å². The van der Waals surface area contributed by atoms with E-state index in [0.717, 1.165) is 17.7 Å². The fourth-order valence-electron chi connectivity index (χ4n) is 3.00. The first-order valence-electron chi connectivity index (χ1n) is 8.30. The van der Waals surface area contributed by atoms with Gasteiger partial charge in [-0.05, 0) is 43.2 Å². The second-order valence-electron chi connectivity index (χ2n) is 6.03. The summed E-state index contributed by atoms with van der Waals surface area (Å²) in [6.07, 6.45) is 0.820. The van der Waals surface area contributed by atoms with Crippen LogP contribution in [0.3, 0.4) is 0 Å². The van der Waals surface area contributed by atoms with Gasteiger partial charge in [-0.3, -0.25) is 4.79 Å². The first-order valence-corrected chi connectivity index (χ1v) is 8.67. The minimum Gasteiger partial charge on any atom is -0.495 e. The van der Waals surface area contributed by atoms with E-state index in [4.69, 9.17) is 16.3 Å². The molecule has 2 aromatic rings. The lowest BCUT2D eigenvalue weighted by molar-refractivity contribution is -0.119. The molecule has 2 aromatic carbocycles. The van der Waals surface area contributed by atoms with E-state index < -0.39 is 12.1 Å². The van der Waals surface area contributed by atoms with Crippen molar-refractivity contribution in [3.63, 3.8) is 0 Å². The van der Waals surface area contributed by atoms with Gasteiger partial charge in [0.15, 0.2) is 0 Å². The topological polar surface area (TPSA) is 70.7 Å². The van der Waals surface area contributed by atoms with Crippen LogP contribution in [-0.2, 0) is 11.2 Å². The van der Waals surface area contributed by atoms with Crippen LogP contribution in [0.5, 0.6) is 5.75 Å². The summed E-state index contributed by atoms with van der Waals surface area (Å²) in [5, 5.41) is 5.81. The number of anilines is 2. The molecule has 0 aromatic heterocycles. The number of amides is 3. The van der Waals surface area contributed by atoms with Crippen LogP contribution < -0.4 is 20.3 Å². The lowest BCUT2D eigenvalue weighted by atomic mass is 10.2. The molecule has 3 rings (SSSR count). The number of para-hydroxylation sites is 1. The summed E-state index contributed by atoms with van der Waals surface area (Å²) in [6.45, 7) is 2.28. The highest BCUT2D eigenvalue weighted by Gasteiger charge is 2.28. The Morgan fingerprint density at radius 1 is 1.23 bits per heavy atom. The molecule has 1 aliphatic heterocycles. The maximum absolute atomic E-state index is 12.7. The fourth-order valence-corrected chi connectivity index (χ4v) is 3.17. The van der Waals surface area contributed by atoms with E-state index in [1.54, 1.807) is 30.0 Å². The number of carbonyl (C=O) groups is 2. The second-order valence-corrected chi connectivity index (χ2v) is 6.47. The molecule has 0 saturated heterocycles. The molecule has 0 bridgehead atoms. The Hall–Kier alpha value is -2.73. The van der Waals surface area contributed by atoms with Crippen molar-refractivity contribution < 1.29 is 14.3 Å². The molecular formula is C19H20ClN3O3. The van der Waals surface area contributed by atoms with Crippen LogP contribution >= 0.6 is 11.6 Å². The first-order chi connectivity index (χ1) is 12.5. The van der Waals surface area contributed by atoms with E-state index in [1.807, 2.05) is 24.3 Å². The third-order valence-corrected chi connectivity index (χ3v) is 4.52. The van der Waals surface area contributed by atoms with Crippen LogP contribution in [0.15, 0.2) is 42.5 Å². The van der Waals surface area contributed by atoms with Crippen molar-refractivity contribution in [1.29, 1.82) is 0 Å². The standard InChI is InChI=1S/C19H20ClN3O3/c1-12(18(24)23-10-9-13-5-3-4-6-16(13)23)21-19(25)22-15-11-14(20)7-8-17(15)26-2/h3-8,11-12H,9-10H2,1-2H3,(H2,21,22,25)/t12-/m1/s1. The summed E-state index contributed by atoms with van der Waals surface area (Å²) in [5.41, 5.74) is 2.48. The maximum atomic E-state index is 12.7. The smallest absolute Gasteiger partial charge is 0.319 e. The zero-order valence-electron chi connectivity index (χ0n) is 14.6. The molecule has 0 unspecified atom stereocenters. The average Bonchev–Trinajstić information content (AvgIpc) is 3.05. The molecule has 3 amide bonds. The molecule has 26 heavy (non-hydrogen) atoms. The average molecular weight is 374 g/mol. The van der Waals surface area contributed by atoms with Crippen molar-refractivity contribution in [2.24, 2.45) is 0 Å². The summed E-state index contributed by atoms with van der Waals surface area (Å²) in [5.74, 6) is 0.333. The van der Waals surface area contributed by atoms with Gasteiger partial charge in [-0.2, -0.15) is 0 Å². The van der Waals surface area contributed by atoms with Crippen molar-refractivity contribution in [2.45, 2.75) is 19.4 Å². The van der Waals surface area contributed by atoms with E-state index in [0.29, 0.717) is 23.0 Å². The number of halogens is 1. The van der Waals surface area contributed by atoms with E-state index in [9.17, 15) is 9.59 Å². The lowest BCUT2D eigenvalue weighted by Gasteiger charge is -2.22. The summed E-state index contributed by atoms with van der Waals surface area (Å²) < 4.78 is 5.20. The predicted molar refractivity (Wildman–Crippen MR) is 102 cm³/mol. The van der Waals surface area contributed by atoms with Gasteiger partial charge in [0.25, 0.3) is 0 Å². The molecule has 0 saturated carbocycles. The van der Waals surface area contributed by atoms with Crippen LogP contribution in [0.2, 0.25) is 5.02 Å². The van der Waals surface area contributed by atoms with Crippen LogP contribution in [-0.4, -0.2) is 31.6 Å². The number of carbonyl (C=O) groups excluding carboxylic acids is 2. The number of fused-ring (bicyclic) bond motifs is 1. The monoisotopic (exact) mass is 373 g/mol. The molecule has 1 aliphatic rings. The molecule has 0 aliphatic carbocycles. The largest absolute Gasteiger partial charge is 0.495 e. The van der Waals surface area contributed by atoms with Crippen molar-refractivity contribution in [1.82, 2.24) is 5.32 Å². The highest BCUT2D eigenvalue weighted by molar-refractivity contribution is 6.31. The molecule has 1 heterocycles. The van der Waals surface area contributed by atoms with Gasteiger partial charge >= 0.3 is 6.03 Å². The molecule has 0 fully saturated rings. The first kappa shape index (κ1) is 18.1. The minimum absolute atomic E-state index is 0.150. The van der Waals surface area contributed by atoms with Crippen molar-refractivity contribution >= 4 is 34.9 Å². The number of urea groups is 1. The zero-order valence-corrected chi connectivity index (χ0v) is 15.3. The molecule has 6 nitrogen and oxygen atoms in total. The summed E-state index contributed by atoms with van der Waals surface area (Å²) in [7, 11) is 1.50. The molecular weight excluding hydrogens is 354 g/mol. The van der Waals surface area contributed by atoms with Crippen LogP contribution in [0.4, 0.5) is 16.2 Å². The summed E-state index contributed by atoms with van der Waals surface area (Å²) >= 11 is 5.96. The van der Waals surface area contributed by atoms with E-state index in [1.165, 1.54) is 7.11 Å². The normalized spacial score (nSPS) is 13.7. The zero-order chi connectivity index (χ0) is 18.7. The second kappa shape index (κ2) is 7.66. The van der Waals surface area contributed by atoms with E-state index in [-0.39, 0.29) is 5.91 Å². The summed E-state index contributed by atoms with van der Waals surface area (Å²) in [6, 6.07) is 11.5. The van der Waals surface area contributed by atoms with E-state index >= 15 is 0 Å². The van der Waals surface area contributed by atoms with Gasteiger partial charge < -0.3 is 20.3 Å². The fraction of sp³-hybridized carbons (Fsp3) is 0.263. The number of benzene rings is 2. The van der Waals surface area contributed by atoms with Crippen LogP contribution in [0.1, 0.15) is 12.5 Å². The Balaban J connectivity index is 1.65. The van der Waals surface area contributed by atoms with Gasteiger partial charge in [-0.15, -0.1) is 0 Å². The number of nitrogens with one attached hydrogen (secondary N) is 2. The third kappa shape index (κ3) is 3.75. The number of hydrogen-bond donors (Lipinski definition) is 2. The number of nitrogens with zero attached hydrogens (tertiary/aromatic N) is 1. The highest BCUT2D eigenvalue weighted by Crippen LogP contribution is 2.29. The molecule has 7 heteroatoms. The van der Waals surface area contributed by atoms with Crippen molar-refractivity contribution in [3.05, 3.63) is 53.1 Å². The Labute approximate surface area is 157 Å². The number of rotatable bonds is 4. The molecule has 1 atom stereocenters. The third-order valence-electron chi connectivity index (χ3n) is 4.28. The Bertz CT molecular complexity index is 841. The predicted octanol–water partition coefficient (Wildman–Crippen LogP) is 3.45. The van der Waals surface area contributed by atoms with Gasteiger partial charge in [-0.1, -0.05) is 29.8 Å². The minimum atomic E-state index is -0.675. The Kier molecular flexibility index (Phi) is 5.32. The molecule has 0 radical (unpaired) electrons. The van der Waals surface area contributed by atoms with Crippen molar-refractivity contribution in [2.75, 3.05) is 23.9 Å². The SMILES string of the molecule is COc1ccc(Cl)cc1NC(=O)N[C@H](C)C(=O)N1CCc2ccccc21. The highest BCUT2D eigenvalue weighted by atomic mass is 35.5. The molecule has 2 N–H and O–H groups in total. The van der Waals surface area contributed by atoms with Crippen LogP contribution in [0.25, 0.3) is 0 Å². The molecule has 0 spiro atoms. The lowest BCUT2D eigenvalue weighted by Crippen LogP contribution is -2.47. The molecule has 136 valence electrons.